The van der Waals surface area contributed by atoms with E-state index in [1.54, 1.807) is 16.8 Å². The number of hydroxylamine groups is 1. The minimum atomic E-state index is -0.0944. The van der Waals surface area contributed by atoms with Crippen molar-refractivity contribution in [2.24, 2.45) is 0 Å². The zero-order valence-electron chi connectivity index (χ0n) is 19.4. The van der Waals surface area contributed by atoms with Crippen LogP contribution in [-0.2, 0) is 35.5 Å². The van der Waals surface area contributed by atoms with Crippen LogP contribution in [0.5, 0.6) is 0 Å². The van der Waals surface area contributed by atoms with Gasteiger partial charge in [-0.2, -0.15) is 0 Å². The van der Waals surface area contributed by atoms with Crippen LogP contribution in [-0.4, -0.2) is 50.5 Å². The number of nitrogens with zero attached hydrogens (tertiary/aromatic N) is 4. The Hall–Kier alpha value is -3.17. The highest BCUT2D eigenvalue weighted by atomic mass is 16.5. The SMILES string of the molecule is C[C@H]1CCc2c(ccc3c2nc(CCn2ccccc2=O)n3CC(=O)NC[C@H]2CCCO2)N1O. The Bertz CT molecular complexity index is 1240. The molecule has 2 aromatic heterocycles. The molecule has 1 saturated heterocycles. The highest BCUT2D eigenvalue weighted by Crippen LogP contribution is 2.35. The molecule has 9 nitrogen and oxygen atoms in total. The number of pyridine rings is 1. The van der Waals surface area contributed by atoms with Gasteiger partial charge in [-0.25, -0.2) is 4.98 Å². The molecular formula is C25H31N5O4. The zero-order valence-corrected chi connectivity index (χ0v) is 19.4. The van der Waals surface area contributed by atoms with E-state index >= 15 is 0 Å². The molecule has 0 aliphatic carbocycles. The van der Waals surface area contributed by atoms with Crippen molar-refractivity contribution in [1.29, 1.82) is 0 Å². The Morgan fingerprint density at radius 2 is 2.15 bits per heavy atom. The minimum Gasteiger partial charge on any atom is -0.376 e. The van der Waals surface area contributed by atoms with E-state index in [-0.39, 0.29) is 30.2 Å². The summed E-state index contributed by atoms with van der Waals surface area (Å²) in [5.74, 6) is 0.651. The van der Waals surface area contributed by atoms with Gasteiger partial charge in [-0.15, -0.1) is 0 Å². The maximum Gasteiger partial charge on any atom is 0.250 e. The topological polar surface area (TPSA) is 102 Å². The summed E-state index contributed by atoms with van der Waals surface area (Å²) in [6.07, 6.45) is 5.98. The lowest BCUT2D eigenvalue weighted by atomic mass is 9.97. The van der Waals surface area contributed by atoms with Crippen molar-refractivity contribution in [2.45, 2.75) is 64.3 Å². The predicted molar refractivity (Wildman–Crippen MR) is 128 cm³/mol. The van der Waals surface area contributed by atoms with Crippen molar-refractivity contribution in [3.05, 3.63) is 58.3 Å². The molecule has 1 amide bonds. The molecule has 0 bridgehead atoms. The number of hydrogen-bond donors (Lipinski definition) is 2. The standard InChI is InChI=1S/C25H31N5O4/c1-17-7-8-19-20(30(17)33)9-10-21-25(19)27-22(11-13-28-12-3-2-6-24(28)32)29(21)16-23(31)26-15-18-5-4-14-34-18/h2-3,6,9-10,12,17-18,33H,4-5,7-8,11,13-16H2,1H3,(H,26,31)/t17-,18+/m0/s1. The first-order chi connectivity index (χ1) is 16.5. The third kappa shape index (κ3) is 4.45. The van der Waals surface area contributed by atoms with Crippen LogP contribution in [0.2, 0.25) is 0 Å². The second-order valence-corrected chi connectivity index (χ2v) is 9.20. The average Bonchev–Trinajstić information content (AvgIpc) is 3.48. The number of rotatable bonds is 7. The maximum absolute atomic E-state index is 12.9. The van der Waals surface area contributed by atoms with Gasteiger partial charge in [-0.05, 0) is 50.8 Å². The summed E-state index contributed by atoms with van der Waals surface area (Å²) in [6.45, 7) is 3.85. The third-order valence-corrected chi connectivity index (χ3v) is 6.88. The molecule has 0 saturated carbocycles. The third-order valence-electron chi connectivity index (χ3n) is 6.88. The largest absolute Gasteiger partial charge is 0.376 e. The van der Waals surface area contributed by atoms with Gasteiger partial charge < -0.3 is 19.2 Å². The molecule has 180 valence electrons. The van der Waals surface area contributed by atoms with Crippen LogP contribution in [0.1, 0.15) is 37.6 Å². The van der Waals surface area contributed by atoms with Crippen LogP contribution in [0.3, 0.4) is 0 Å². The van der Waals surface area contributed by atoms with Crippen LogP contribution in [0.15, 0.2) is 41.3 Å². The highest BCUT2D eigenvalue weighted by molar-refractivity contribution is 5.87. The van der Waals surface area contributed by atoms with Crippen LogP contribution in [0.4, 0.5) is 5.69 Å². The molecule has 0 spiro atoms. The number of ether oxygens (including phenoxy) is 1. The van der Waals surface area contributed by atoms with Crippen molar-refractivity contribution in [1.82, 2.24) is 19.4 Å². The van der Waals surface area contributed by atoms with Crippen molar-refractivity contribution < 1.29 is 14.7 Å². The summed E-state index contributed by atoms with van der Waals surface area (Å²) in [6, 6.07) is 8.96. The maximum atomic E-state index is 12.9. The Balaban J connectivity index is 1.45. The summed E-state index contributed by atoms with van der Waals surface area (Å²) >= 11 is 0. The molecule has 3 aromatic rings. The van der Waals surface area contributed by atoms with Gasteiger partial charge >= 0.3 is 0 Å². The van der Waals surface area contributed by atoms with Gasteiger partial charge in [0.2, 0.25) is 5.91 Å². The molecule has 5 rings (SSSR count). The van der Waals surface area contributed by atoms with Crippen molar-refractivity contribution in [3.8, 4) is 0 Å². The number of anilines is 1. The molecule has 2 aliphatic rings. The number of amides is 1. The first-order valence-electron chi connectivity index (χ1n) is 12.0. The van der Waals surface area contributed by atoms with Crippen LogP contribution in [0, 0.1) is 0 Å². The number of hydrogen-bond acceptors (Lipinski definition) is 6. The van der Waals surface area contributed by atoms with E-state index in [0.29, 0.717) is 19.5 Å². The molecule has 1 aromatic carbocycles. The molecule has 2 N–H and O–H groups in total. The van der Waals surface area contributed by atoms with E-state index in [1.807, 2.05) is 29.7 Å². The summed E-state index contributed by atoms with van der Waals surface area (Å²) in [5.41, 5.74) is 3.37. The molecule has 9 heteroatoms. The minimum absolute atomic E-state index is 0.0417. The van der Waals surface area contributed by atoms with E-state index in [2.05, 4.69) is 5.32 Å². The Morgan fingerprint density at radius 1 is 1.26 bits per heavy atom. The first-order valence-corrected chi connectivity index (χ1v) is 12.0. The van der Waals surface area contributed by atoms with Crippen molar-refractivity contribution in [3.63, 3.8) is 0 Å². The highest BCUT2D eigenvalue weighted by Gasteiger charge is 2.26. The Labute approximate surface area is 197 Å². The summed E-state index contributed by atoms with van der Waals surface area (Å²) in [7, 11) is 0. The van der Waals surface area contributed by atoms with Gasteiger partial charge in [-0.3, -0.25) is 19.9 Å². The predicted octanol–water partition coefficient (Wildman–Crippen LogP) is 2.27. The normalized spacial score (nSPS) is 20.0. The monoisotopic (exact) mass is 465 g/mol. The zero-order chi connectivity index (χ0) is 23.7. The van der Waals surface area contributed by atoms with Gasteiger partial charge in [0.25, 0.3) is 5.56 Å². The number of aromatic nitrogens is 3. The second kappa shape index (κ2) is 9.60. The fraction of sp³-hybridized carbons (Fsp3) is 0.480. The van der Waals surface area contributed by atoms with Crippen LogP contribution < -0.4 is 15.9 Å². The first kappa shape index (κ1) is 22.6. The van der Waals surface area contributed by atoms with E-state index in [4.69, 9.17) is 9.72 Å². The number of fused-ring (bicyclic) bond motifs is 3. The molecule has 2 atom stereocenters. The Kier molecular flexibility index (Phi) is 6.38. The van der Waals surface area contributed by atoms with Crippen molar-refractivity contribution >= 4 is 22.6 Å². The summed E-state index contributed by atoms with van der Waals surface area (Å²) < 4.78 is 9.20. The van der Waals surface area contributed by atoms with E-state index in [0.717, 1.165) is 60.4 Å². The average molecular weight is 466 g/mol. The van der Waals surface area contributed by atoms with E-state index in [1.165, 1.54) is 11.1 Å². The summed E-state index contributed by atoms with van der Waals surface area (Å²) in [4.78, 5) is 30.0. The molecule has 2 aliphatic heterocycles. The Morgan fingerprint density at radius 3 is 2.94 bits per heavy atom. The molecule has 0 unspecified atom stereocenters. The second-order valence-electron chi connectivity index (χ2n) is 9.20. The van der Waals surface area contributed by atoms with Gasteiger partial charge in [-0.1, -0.05) is 6.07 Å². The number of benzene rings is 1. The molecule has 34 heavy (non-hydrogen) atoms. The van der Waals surface area contributed by atoms with E-state index < -0.39 is 0 Å². The van der Waals surface area contributed by atoms with Crippen LogP contribution >= 0.6 is 0 Å². The number of carbonyl (C=O) groups excluding carboxylic acids is 1. The van der Waals surface area contributed by atoms with E-state index in [9.17, 15) is 14.8 Å². The van der Waals surface area contributed by atoms with Gasteiger partial charge in [0, 0.05) is 43.9 Å². The number of imidazole rings is 1. The number of carbonyl (C=O) groups is 1. The quantitative estimate of drug-likeness (QED) is 0.555. The lowest BCUT2D eigenvalue weighted by molar-refractivity contribution is -0.122. The smallest absolute Gasteiger partial charge is 0.250 e. The lowest BCUT2D eigenvalue weighted by Crippen LogP contribution is -2.34. The molecule has 1 fully saturated rings. The number of aryl methyl sites for hydroxylation is 3. The fourth-order valence-electron chi connectivity index (χ4n) is 4.92. The van der Waals surface area contributed by atoms with Crippen LogP contribution in [0.25, 0.3) is 11.0 Å². The molecule has 4 heterocycles. The number of nitrogens with one attached hydrogen (secondary N) is 1. The molecule has 0 radical (unpaired) electrons. The summed E-state index contributed by atoms with van der Waals surface area (Å²) in [5, 5.41) is 14.9. The van der Waals surface area contributed by atoms with Gasteiger partial charge in [0.1, 0.15) is 12.4 Å². The lowest BCUT2D eigenvalue weighted by Gasteiger charge is -2.31. The fourth-order valence-corrected chi connectivity index (χ4v) is 4.92. The van der Waals surface area contributed by atoms with Crippen molar-refractivity contribution in [2.75, 3.05) is 18.2 Å². The van der Waals surface area contributed by atoms with Gasteiger partial charge in [0.15, 0.2) is 0 Å². The van der Waals surface area contributed by atoms with Gasteiger partial charge in [0.05, 0.1) is 28.9 Å². The molecular weight excluding hydrogens is 434 g/mol.